The molecular formula is C13H17NO. The number of aliphatic hydroxyl groups is 1. The molecule has 80 valence electrons. The van der Waals surface area contributed by atoms with E-state index in [0.29, 0.717) is 0 Å². The summed E-state index contributed by atoms with van der Waals surface area (Å²) in [5, 5.41) is 10.3. The number of rotatable bonds is 2. The molecule has 0 radical (unpaired) electrons. The third kappa shape index (κ3) is 1.55. The van der Waals surface area contributed by atoms with Crippen molar-refractivity contribution in [3.63, 3.8) is 0 Å². The first-order chi connectivity index (χ1) is 7.15. The highest BCUT2D eigenvalue weighted by Crippen LogP contribution is 2.25. The number of aryl methyl sites for hydroxylation is 2. The molecular weight excluding hydrogens is 186 g/mol. The summed E-state index contributed by atoms with van der Waals surface area (Å²) >= 11 is 0. The van der Waals surface area contributed by atoms with Crippen LogP contribution in [0.15, 0.2) is 18.2 Å². The quantitative estimate of drug-likeness (QED) is 0.796. The molecule has 2 nitrogen and oxygen atoms in total. The standard InChI is InChI=1S/C13H17NO/c1-9-4-5-12-11(6-7-15)10(2)14(3)13(12)8-9/h4-5,8,15H,6-7H2,1-3H3. The van der Waals surface area contributed by atoms with E-state index in [1.165, 1.54) is 27.7 Å². The highest BCUT2D eigenvalue weighted by atomic mass is 16.2. The Morgan fingerprint density at radius 3 is 2.67 bits per heavy atom. The number of hydrogen-bond acceptors (Lipinski definition) is 1. The molecule has 0 aliphatic rings. The Bertz CT molecular complexity index is 497. The molecule has 0 bridgehead atoms. The molecule has 0 unspecified atom stereocenters. The highest BCUT2D eigenvalue weighted by Gasteiger charge is 2.10. The van der Waals surface area contributed by atoms with Crippen LogP contribution in [0, 0.1) is 13.8 Å². The van der Waals surface area contributed by atoms with Crippen LogP contribution in [0.2, 0.25) is 0 Å². The van der Waals surface area contributed by atoms with Crippen LogP contribution in [0.3, 0.4) is 0 Å². The van der Waals surface area contributed by atoms with Gasteiger partial charge in [0, 0.05) is 30.3 Å². The lowest BCUT2D eigenvalue weighted by molar-refractivity contribution is 0.299. The summed E-state index contributed by atoms with van der Waals surface area (Å²) in [5.74, 6) is 0. The van der Waals surface area contributed by atoms with Crippen LogP contribution >= 0.6 is 0 Å². The lowest BCUT2D eigenvalue weighted by Crippen LogP contribution is -1.95. The van der Waals surface area contributed by atoms with E-state index in [9.17, 15) is 0 Å². The van der Waals surface area contributed by atoms with Crippen molar-refractivity contribution >= 4 is 10.9 Å². The van der Waals surface area contributed by atoms with E-state index in [0.717, 1.165) is 6.42 Å². The van der Waals surface area contributed by atoms with E-state index in [1.807, 2.05) is 0 Å². The molecule has 0 spiro atoms. The second-order valence-corrected chi connectivity index (χ2v) is 4.12. The molecule has 2 heteroatoms. The first-order valence-electron chi connectivity index (χ1n) is 5.30. The summed E-state index contributed by atoms with van der Waals surface area (Å²) in [6, 6.07) is 6.48. The zero-order valence-electron chi connectivity index (χ0n) is 9.54. The first kappa shape index (κ1) is 10.2. The minimum absolute atomic E-state index is 0.216. The van der Waals surface area contributed by atoms with Crippen LogP contribution in [0.25, 0.3) is 10.9 Å². The van der Waals surface area contributed by atoms with Crippen molar-refractivity contribution < 1.29 is 5.11 Å². The molecule has 1 aromatic carbocycles. The molecule has 1 heterocycles. The molecule has 1 N–H and O–H groups in total. The van der Waals surface area contributed by atoms with Crippen molar-refractivity contribution in [2.24, 2.45) is 7.05 Å². The van der Waals surface area contributed by atoms with Gasteiger partial charge in [-0.25, -0.2) is 0 Å². The monoisotopic (exact) mass is 203 g/mol. The van der Waals surface area contributed by atoms with E-state index in [4.69, 9.17) is 5.11 Å². The van der Waals surface area contributed by atoms with E-state index in [-0.39, 0.29) is 6.61 Å². The molecule has 15 heavy (non-hydrogen) atoms. The Morgan fingerprint density at radius 2 is 2.00 bits per heavy atom. The summed E-state index contributed by atoms with van der Waals surface area (Å²) in [6.07, 6.45) is 0.742. The van der Waals surface area contributed by atoms with Crippen molar-refractivity contribution in [2.45, 2.75) is 20.3 Å². The molecule has 0 saturated carbocycles. The lowest BCUT2D eigenvalue weighted by atomic mass is 10.1. The van der Waals surface area contributed by atoms with E-state index >= 15 is 0 Å². The molecule has 0 aliphatic heterocycles. The molecule has 2 rings (SSSR count). The van der Waals surface area contributed by atoms with Gasteiger partial charge < -0.3 is 9.67 Å². The highest BCUT2D eigenvalue weighted by molar-refractivity contribution is 5.86. The maximum Gasteiger partial charge on any atom is 0.0485 e. The average Bonchev–Trinajstić information content (AvgIpc) is 2.44. The van der Waals surface area contributed by atoms with Crippen molar-refractivity contribution in [1.29, 1.82) is 0 Å². The van der Waals surface area contributed by atoms with Crippen LogP contribution in [-0.2, 0) is 13.5 Å². The van der Waals surface area contributed by atoms with Gasteiger partial charge in [-0.3, -0.25) is 0 Å². The third-order valence-electron chi connectivity index (χ3n) is 3.14. The molecule has 0 atom stereocenters. The van der Waals surface area contributed by atoms with Gasteiger partial charge in [0.2, 0.25) is 0 Å². The van der Waals surface area contributed by atoms with Crippen molar-refractivity contribution in [3.8, 4) is 0 Å². The van der Waals surface area contributed by atoms with Gasteiger partial charge >= 0.3 is 0 Å². The van der Waals surface area contributed by atoms with Gasteiger partial charge in [0.05, 0.1) is 0 Å². The Balaban J connectivity index is 2.75. The Morgan fingerprint density at radius 1 is 1.27 bits per heavy atom. The smallest absolute Gasteiger partial charge is 0.0485 e. The van der Waals surface area contributed by atoms with Crippen molar-refractivity contribution in [2.75, 3.05) is 6.61 Å². The molecule has 0 saturated heterocycles. The predicted molar refractivity (Wildman–Crippen MR) is 63.2 cm³/mol. The van der Waals surface area contributed by atoms with Gasteiger partial charge in [-0.1, -0.05) is 12.1 Å². The fourth-order valence-corrected chi connectivity index (χ4v) is 2.18. The zero-order chi connectivity index (χ0) is 11.0. The largest absolute Gasteiger partial charge is 0.396 e. The molecule has 2 aromatic rings. The molecule has 0 amide bonds. The number of benzene rings is 1. The van der Waals surface area contributed by atoms with Crippen LogP contribution in [0.4, 0.5) is 0 Å². The molecule has 0 fully saturated rings. The zero-order valence-corrected chi connectivity index (χ0v) is 9.54. The van der Waals surface area contributed by atoms with Crippen LogP contribution in [-0.4, -0.2) is 16.3 Å². The second-order valence-electron chi connectivity index (χ2n) is 4.12. The summed E-state index contributed by atoms with van der Waals surface area (Å²) in [7, 11) is 2.08. The van der Waals surface area contributed by atoms with Gasteiger partial charge in [0.25, 0.3) is 0 Å². The number of aliphatic hydroxyl groups excluding tert-OH is 1. The topological polar surface area (TPSA) is 25.2 Å². The fourth-order valence-electron chi connectivity index (χ4n) is 2.18. The lowest BCUT2D eigenvalue weighted by Gasteiger charge is -1.99. The van der Waals surface area contributed by atoms with Gasteiger partial charge in [-0.2, -0.15) is 0 Å². The van der Waals surface area contributed by atoms with Crippen molar-refractivity contribution in [1.82, 2.24) is 4.57 Å². The van der Waals surface area contributed by atoms with Crippen LogP contribution < -0.4 is 0 Å². The second kappa shape index (κ2) is 3.70. The van der Waals surface area contributed by atoms with Gasteiger partial charge in [0.15, 0.2) is 0 Å². The first-order valence-corrected chi connectivity index (χ1v) is 5.30. The predicted octanol–water partition coefficient (Wildman–Crippen LogP) is 2.33. The number of fused-ring (bicyclic) bond motifs is 1. The average molecular weight is 203 g/mol. The SMILES string of the molecule is Cc1ccc2c(CCO)c(C)n(C)c2c1. The van der Waals surface area contributed by atoms with E-state index < -0.39 is 0 Å². The van der Waals surface area contributed by atoms with Crippen molar-refractivity contribution in [3.05, 3.63) is 35.0 Å². The summed E-state index contributed by atoms with van der Waals surface area (Å²) in [4.78, 5) is 0. The van der Waals surface area contributed by atoms with Crippen LogP contribution in [0.1, 0.15) is 16.8 Å². The third-order valence-corrected chi connectivity index (χ3v) is 3.14. The van der Waals surface area contributed by atoms with Gasteiger partial charge in [-0.15, -0.1) is 0 Å². The molecule has 1 aromatic heterocycles. The summed E-state index contributed by atoms with van der Waals surface area (Å²) in [5.41, 5.74) is 5.06. The number of hydrogen-bond donors (Lipinski definition) is 1. The maximum absolute atomic E-state index is 9.06. The Kier molecular flexibility index (Phi) is 2.53. The maximum atomic E-state index is 9.06. The summed E-state index contributed by atoms with van der Waals surface area (Å²) in [6.45, 7) is 4.43. The number of nitrogens with zero attached hydrogens (tertiary/aromatic N) is 1. The Hall–Kier alpha value is -1.28. The number of aromatic nitrogens is 1. The Labute approximate surface area is 90.2 Å². The van der Waals surface area contributed by atoms with E-state index in [2.05, 4.69) is 43.7 Å². The van der Waals surface area contributed by atoms with Gasteiger partial charge in [-0.05, 0) is 37.5 Å². The minimum atomic E-state index is 0.216. The molecule has 0 aliphatic carbocycles. The summed E-state index contributed by atoms with van der Waals surface area (Å²) < 4.78 is 2.20. The van der Waals surface area contributed by atoms with Crippen LogP contribution in [0.5, 0.6) is 0 Å². The fraction of sp³-hybridized carbons (Fsp3) is 0.385. The minimum Gasteiger partial charge on any atom is -0.396 e. The van der Waals surface area contributed by atoms with E-state index in [1.54, 1.807) is 0 Å². The van der Waals surface area contributed by atoms with Gasteiger partial charge in [0.1, 0.15) is 0 Å². The normalized spacial score (nSPS) is 11.2.